The lowest BCUT2D eigenvalue weighted by Crippen LogP contribution is -2.40. The number of para-hydroxylation sites is 1. The monoisotopic (exact) mass is 614 g/mol. The van der Waals surface area contributed by atoms with Gasteiger partial charge < -0.3 is 18.9 Å². The van der Waals surface area contributed by atoms with E-state index in [9.17, 15) is 9.59 Å². The molecule has 4 rings (SSSR count). The zero-order chi connectivity index (χ0) is 28.3. The van der Waals surface area contributed by atoms with Gasteiger partial charge in [0.25, 0.3) is 5.56 Å². The molecule has 206 valence electrons. The second kappa shape index (κ2) is 12.2. The molecule has 1 aliphatic heterocycles. The summed E-state index contributed by atoms with van der Waals surface area (Å²) in [6, 6.07) is 10.3. The second-order valence-electron chi connectivity index (χ2n) is 8.96. The third kappa shape index (κ3) is 5.81. The Balaban J connectivity index is 1.97. The van der Waals surface area contributed by atoms with E-state index in [-0.39, 0.29) is 18.3 Å². The highest BCUT2D eigenvalue weighted by Gasteiger charge is 2.35. The summed E-state index contributed by atoms with van der Waals surface area (Å²) in [5.41, 5.74) is 1.94. The summed E-state index contributed by atoms with van der Waals surface area (Å²) in [5, 5.41) is 0. The van der Waals surface area contributed by atoms with Crippen molar-refractivity contribution < 1.29 is 23.7 Å². The van der Waals surface area contributed by atoms with Crippen LogP contribution < -0.4 is 29.1 Å². The minimum Gasteiger partial charge on any atom is -0.493 e. The van der Waals surface area contributed by atoms with Crippen LogP contribution in [0.4, 0.5) is 0 Å². The molecule has 0 aliphatic carbocycles. The summed E-state index contributed by atoms with van der Waals surface area (Å²) >= 11 is 4.84. The van der Waals surface area contributed by atoms with Gasteiger partial charge in [0.1, 0.15) is 11.8 Å². The predicted molar refractivity (Wildman–Crippen MR) is 154 cm³/mol. The molecule has 39 heavy (non-hydrogen) atoms. The number of aromatic nitrogens is 1. The number of benzene rings is 2. The van der Waals surface area contributed by atoms with Crippen LogP contribution in [0.1, 0.15) is 51.8 Å². The van der Waals surface area contributed by atoms with Crippen LogP contribution in [0, 0.1) is 0 Å². The highest BCUT2D eigenvalue weighted by Crippen LogP contribution is 2.37. The normalized spacial score (nSPS) is 15.2. The summed E-state index contributed by atoms with van der Waals surface area (Å²) in [4.78, 5) is 32.4. The third-order valence-electron chi connectivity index (χ3n) is 5.96. The standard InChI is InChI=1S/C29H31BrN2O6S/c1-7-36-23-15-20(30)18(13-22(23)35-6)14-24-27(33)32-26(19-11-9-10-12-21(19)38-16(3)4)25(28(34)37-8-2)17(5)31-29(32)39-24/h9-16,26H,7-8H2,1-6H3/b24-14+/t26-/m1/s1. The molecular weight excluding hydrogens is 584 g/mol. The number of carbonyl (C=O) groups is 1. The lowest BCUT2D eigenvalue weighted by Gasteiger charge is -2.26. The van der Waals surface area contributed by atoms with Gasteiger partial charge in [-0.3, -0.25) is 9.36 Å². The topological polar surface area (TPSA) is 88.4 Å². The zero-order valence-corrected chi connectivity index (χ0v) is 25.1. The first-order chi connectivity index (χ1) is 18.7. The number of hydrogen-bond acceptors (Lipinski definition) is 8. The summed E-state index contributed by atoms with van der Waals surface area (Å²) in [5.74, 6) is 1.22. The Morgan fingerprint density at radius 3 is 2.56 bits per heavy atom. The second-order valence-corrected chi connectivity index (χ2v) is 10.8. The molecule has 0 saturated heterocycles. The molecule has 1 aromatic heterocycles. The first kappa shape index (κ1) is 28.6. The third-order valence-corrected chi connectivity index (χ3v) is 7.63. The van der Waals surface area contributed by atoms with Gasteiger partial charge in [0, 0.05) is 10.0 Å². The molecule has 2 aromatic carbocycles. The first-order valence-electron chi connectivity index (χ1n) is 12.7. The van der Waals surface area contributed by atoms with Crippen LogP contribution in [0.15, 0.2) is 61.9 Å². The number of esters is 1. The van der Waals surface area contributed by atoms with Crippen molar-refractivity contribution in [2.75, 3.05) is 20.3 Å². The molecule has 10 heteroatoms. The van der Waals surface area contributed by atoms with Crippen molar-refractivity contribution in [3.63, 3.8) is 0 Å². The van der Waals surface area contributed by atoms with Crippen molar-refractivity contribution in [1.82, 2.24) is 4.57 Å². The van der Waals surface area contributed by atoms with Crippen LogP contribution in [0.5, 0.6) is 17.2 Å². The van der Waals surface area contributed by atoms with E-state index in [1.165, 1.54) is 11.3 Å². The molecule has 0 spiro atoms. The largest absolute Gasteiger partial charge is 0.493 e. The molecule has 0 amide bonds. The SMILES string of the molecule is CCOC(=O)C1=C(C)N=c2s/c(=C/c3cc(OC)c(OCC)cc3Br)c(=O)n2[C@@H]1c1ccccc1OC(C)C. The van der Waals surface area contributed by atoms with Crippen molar-refractivity contribution in [2.45, 2.75) is 46.8 Å². The molecule has 0 radical (unpaired) electrons. The van der Waals surface area contributed by atoms with Crippen LogP contribution in [0.2, 0.25) is 0 Å². The maximum atomic E-state index is 14.0. The Labute approximate surface area is 239 Å². The molecule has 2 heterocycles. The molecule has 1 aliphatic rings. The number of carbonyl (C=O) groups excluding carboxylic acids is 1. The zero-order valence-electron chi connectivity index (χ0n) is 22.7. The minimum atomic E-state index is -0.768. The number of fused-ring (bicyclic) bond motifs is 1. The molecule has 0 saturated carbocycles. The van der Waals surface area contributed by atoms with Gasteiger partial charge in [-0.1, -0.05) is 45.5 Å². The van der Waals surface area contributed by atoms with E-state index in [4.69, 9.17) is 18.9 Å². The molecule has 0 N–H and O–H groups in total. The van der Waals surface area contributed by atoms with Crippen molar-refractivity contribution in [1.29, 1.82) is 0 Å². The van der Waals surface area contributed by atoms with Gasteiger partial charge in [0.05, 0.1) is 42.2 Å². The number of ether oxygens (including phenoxy) is 4. The summed E-state index contributed by atoms with van der Waals surface area (Å²) in [6.07, 6.45) is 1.67. The molecule has 1 atom stereocenters. The number of hydrogen-bond donors (Lipinski definition) is 0. The van der Waals surface area contributed by atoms with E-state index in [1.807, 2.05) is 57.2 Å². The van der Waals surface area contributed by atoms with Gasteiger partial charge in [0.15, 0.2) is 16.3 Å². The fourth-order valence-corrected chi connectivity index (χ4v) is 5.86. The molecular formula is C29H31BrN2O6S. The summed E-state index contributed by atoms with van der Waals surface area (Å²) < 4.78 is 25.4. The summed E-state index contributed by atoms with van der Waals surface area (Å²) in [7, 11) is 1.57. The van der Waals surface area contributed by atoms with E-state index < -0.39 is 12.0 Å². The van der Waals surface area contributed by atoms with Gasteiger partial charge in [-0.25, -0.2) is 9.79 Å². The van der Waals surface area contributed by atoms with Crippen LogP contribution in [-0.2, 0) is 9.53 Å². The van der Waals surface area contributed by atoms with Crippen LogP contribution in [0.3, 0.4) is 0 Å². The maximum absolute atomic E-state index is 14.0. The van der Waals surface area contributed by atoms with Gasteiger partial charge >= 0.3 is 5.97 Å². The average molecular weight is 616 g/mol. The number of thiazole rings is 1. The highest BCUT2D eigenvalue weighted by atomic mass is 79.9. The van der Waals surface area contributed by atoms with Gasteiger partial charge in [-0.05, 0) is 64.5 Å². The molecule has 3 aromatic rings. The Kier molecular flexibility index (Phi) is 8.97. The Bertz CT molecular complexity index is 1600. The lowest BCUT2D eigenvalue weighted by molar-refractivity contribution is -0.139. The Hall–Kier alpha value is -3.37. The Morgan fingerprint density at radius 2 is 1.90 bits per heavy atom. The molecule has 0 unspecified atom stereocenters. The molecule has 8 nitrogen and oxygen atoms in total. The number of allylic oxidation sites excluding steroid dienone is 1. The number of methoxy groups -OCH3 is 1. The molecule has 0 bridgehead atoms. The molecule has 0 fully saturated rings. The van der Waals surface area contributed by atoms with Crippen LogP contribution in [-0.4, -0.2) is 37.0 Å². The lowest BCUT2D eigenvalue weighted by atomic mass is 9.95. The van der Waals surface area contributed by atoms with E-state index in [2.05, 4.69) is 20.9 Å². The van der Waals surface area contributed by atoms with Gasteiger partial charge in [-0.2, -0.15) is 0 Å². The first-order valence-corrected chi connectivity index (χ1v) is 14.3. The fourth-order valence-electron chi connectivity index (χ4n) is 4.38. The minimum absolute atomic E-state index is 0.106. The average Bonchev–Trinajstić information content (AvgIpc) is 3.19. The van der Waals surface area contributed by atoms with E-state index in [0.29, 0.717) is 50.0 Å². The number of rotatable bonds is 9. The summed E-state index contributed by atoms with van der Waals surface area (Å²) in [6.45, 7) is 9.95. The fraction of sp³-hybridized carbons (Fsp3) is 0.345. The van der Waals surface area contributed by atoms with Crippen molar-refractivity contribution in [3.05, 3.63) is 83.0 Å². The quantitative estimate of drug-likeness (QED) is 0.323. The Morgan fingerprint density at radius 1 is 1.15 bits per heavy atom. The van der Waals surface area contributed by atoms with E-state index in [1.54, 1.807) is 31.6 Å². The van der Waals surface area contributed by atoms with Crippen LogP contribution in [0.25, 0.3) is 6.08 Å². The van der Waals surface area contributed by atoms with E-state index >= 15 is 0 Å². The van der Waals surface area contributed by atoms with E-state index in [0.717, 1.165) is 10.0 Å². The van der Waals surface area contributed by atoms with Crippen molar-refractivity contribution >= 4 is 39.3 Å². The number of nitrogens with zero attached hydrogens (tertiary/aromatic N) is 2. The van der Waals surface area contributed by atoms with Crippen molar-refractivity contribution in [2.24, 2.45) is 4.99 Å². The van der Waals surface area contributed by atoms with Gasteiger partial charge in [0.2, 0.25) is 0 Å². The van der Waals surface area contributed by atoms with Crippen LogP contribution >= 0.6 is 27.3 Å². The van der Waals surface area contributed by atoms with Crippen molar-refractivity contribution in [3.8, 4) is 17.2 Å². The highest BCUT2D eigenvalue weighted by molar-refractivity contribution is 9.10. The predicted octanol–water partition coefficient (Wildman–Crippen LogP) is 4.76. The maximum Gasteiger partial charge on any atom is 0.338 e. The number of halogens is 1. The van der Waals surface area contributed by atoms with Gasteiger partial charge in [-0.15, -0.1) is 0 Å². The smallest absolute Gasteiger partial charge is 0.338 e.